The Balaban J connectivity index is 2.36. The number of hydrogen-bond acceptors (Lipinski definition) is 2. The van der Waals surface area contributed by atoms with Gasteiger partial charge in [-0.15, -0.1) is 12.3 Å². The molecule has 3 nitrogen and oxygen atoms in total. The van der Waals surface area contributed by atoms with Crippen LogP contribution in [0.25, 0.3) is 0 Å². The van der Waals surface area contributed by atoms with Crippen LogP contribution in [0.15, 0.2) is 18.2 Å². The van der Waals surface area contributed by atoms with Crippen LogP contribution in [0.1, 0.15) is 12.0 Å². The van der Waals surface area contributed by atoms with Gasteiger partial charge in [-0.3, -0.25) is 4.79 Å². The fourth-order valence-corrected chi connectivity index (χ4v) is 1.91. The fraction of sp³-hybridized carbons (Fsp3) is 0.308. The van der Waals surface area contributed by atoms with Crippen molar-refractivity contribution in [1.82, 2.24) is 0 Å². The molecule has 0 saturated carbocycles. The summed E-state index contributed by atoms with van der Waals surface area (Å²) in [5, 5.41) is 9.89. The second kappa shape index (κ2) is 3.90. The summed E-state index contributed by atoms with van der Waals surface area (Å²) in [6.45, 7) is 2.30. The molecule has 1 aliphatic heterocycles. The Labute approximate surface area is 94.7 Å². The van der Waals surface area contributed by atoms with E-state index in [1.54, 1.807) is 24.0 Å². The zero-order valence-electron chi connectivity index (χ0n) is 9.10. The Morgan fingerprint density at radius 2 is 2.31 bits per heavy atom. The summed E-state index contributed by atoms with van der Waals surface area (Å²) < 4.78 is 0. The first kappa shape index (κ1) is 10.6. The van der Waals surface area contributed by atoms with Crippen molar-refractivity contribution >= 4 is 11.6 Å². The highest BCUT2D eigenvalue weighted by atomic mass is 16.3. The van der Waals surface area contributed by atoms with Gasteiger partial charge in [-0.2, -0.15) is 0 Å². The summed E-state index contributed by atoms with van der Waals surface area (Å²) in [7, 11) is 0. The number of rotatable bonds is 1. The standard InChI is InChI=1S/C13H13NO2/c1-3-10-7-12(15)14(8-10)11-6-4-5-9(2)13(11)16/h1,4-6,10,16H,7-8H2,2H3. The zero-order valence-corrected chi connectivity index (χ0v) is 9.10. The lowest BCUT2D eigenvalue weighted by Crippen LogP contribution is -2.24. The number of anilines is 1. The Bertz CT molecular complexity index is 473. The number of aromatic hydroxyl groups is 1. The van der Waals surface area contributed by atoms with Crippen molar-refractivity contribution in [3.63, 3.8) is 0 Å². The van der Waals surface area contributed by atoms with Crippen LogP contribution in [0, 0.1) is 25.2 Å². The number of phenols is 1. The maximum Gasteiger partial charge on any atom is 0.228 e. The minimum absolute atomic E-state index is 0.0242. The van der Waals surface area contributed by atoms with Gasteiger partial charge in [0, 0.05) is 18.9 Å². The molecule has 0 spiro atoms. The monoisotopic (exact) mass is 215 g/mol. The van der Waals surface area contributed by atoms with Crippen LogP contribution in [0.4, 0.5) is 5.69 Å². The van der Waals surface area contributed by atoms with Crippen molar-refractivity contribution in [1.29, 1.82) is 0 Å². The van der Waals surface area contributed by atoms with E-state index in [-0.39, 0.29) is 17.6 Å². The SMILES string of the molecule is C#CC1CC(=O)N(c2cccc(C)c2O)C1. The van der Waals surface area contributed by atoms with Gasteiger partial charge in [-0.1, -0.05) is 12.1 Å². The molecule has 1 unspecified atom stereocenters. The molecule has 16 heavy (non-hydrogen) atoms. The van der Waals surface area contributed by atoms with E-state index in [1.807, 2.05) is 6.07 Å². The average molecular weight is 215 g/mol. The lowest BCUT2D eigenvalue weighted by atomic mass is 10.1. The van der Waals surface area contributed by atoms with Crippen LogP contribution in [0.2, 0.25) is 0 Å². The second-order valence-corrected chi connectivity index (χ2v) is 4.01. The smallest absolute Gasteiger partial charge is 0.228 e. The van der Waals surface area contributed by atoms with Crippen LogP contribution in [-0.4, -0.2) is 17.6 Å². The highest BCUT2D eigenvalue weighted by Crippen LogP contribution is 2.34. The summed E-state index contributed by atoms with van der Waals surface area (Å²) in [5.74, 6) is 2.67. The van der Waals surface area contributed by atoms with E-state index >= 15 is 0 Å². The van der Waals surface area contributed by atoms with Crippen molar-refractivity contribution in [2.75, 3.05) is 11.4 Å². The Morgan fingerprint density at radius 1 is 1.56 bits per heavy atom. The Hall–Kier alpha value is -1.95. The van der Waals surface area contributed by atoms with Crippen LogP contribution >= 0.6 is 0 Å². The molecule has 1 atom stereocenters. The number of para-hydroxylation sites is 1. The van der Waals surface area contributed by atoms with E-state index in [2.05, 4.69) is 5.92 Å². The predicted molar refractivity (Wildman–Crippen MR) is 62.1 cm³/mol. The van der Waals surface area contributed by atoms with Crippen molar-refractivity contribution in [2.24, 2.45) is 5.92 Å². The normalized spacial score (nSPS) is 19.9. The maximum atomic E-state index is 11.7. The summed E-state index contributed by atoms with van der Waals surface area (Å²) in [6, 6.07) is 5.36. The van der Waals surface area contributed by atoms with E-state index in [9.17, 15) is 9.90 Å². The van der Waals surface area contributed by atoms with Crippen LogP contribution in [0.5, 0.6) is 5.75 Å². The van der Waals surface area contributed by atoms with Gasteiger partial charge in [0.1, 0.15) is 5.75 Å². The lowest BCUT2D eigenvalue weighted by molar-refractivity contribution is -0.117. The molecule has 0 bridgehead atoms. The highest BCUT2D eigenvalue weighted by molar-refractivity contribution is 5.97. The molecular weight excluding hydrogens is 202 g/mol. The van der Waals surface area contributed by atoms with Gasteiger partial charge in [0.05, 0.1) is 5.69 Å². The summed E-state index contributed by atoms with van der Waals surface area (Å²) in [5.41, 5.74) is 1.32. The van der Waals surface area contributed by atoms with Crippen LogP contribution in [-0.2, 0) is 4.79 Å². The van der Waals surface area contributed by atoms with Gasteiger partial charge in [0.25, 0.3) is 0 Å². The van der Waals surface area contributed by atoms with Gasteiger partial charge in [0.2, 0.25) is 5.91 Å². The lowest BCUT2D eigenvalue weighted by Gasteiger charge is -2.18. The number of hydrogen-bond donors (Lipinski definition) is 1. The molecule has 82 valence electrons. The topological polar surface area (TPSA) is 40.5 Å². The largest absolute Gasteiger partial charge is 0.505 e. The molecule has 0 aliphatic carbocycles. The molecule has 1 amide bonds. The van der Waals surface area contributed by atoms with Crippen molar-refractivity contribution < 1.29 is 9.90 Å². The summed E-state index contributed by atoms with van der Waals surface area (Å²) >= 11 is 0. The second-order valence-electron chi connectivity index (χ2n) is 4.01. The molecule has 0 aromatic heterocycles. The minimum atomic E-state index is -0.0487. The number of phenolic OH excluding ortho intramolecular Hbond substituents is 1. The number of carbonyl (C=O) groups excluding carboxylic acids is 1. The van der Waals surface area contributed by atoms with Gasteiger partial charge < -0.3 is 10.0 Å². The molecule has 1 fully saturated rings. The number of nitrogens with zero attached hydrogens (tertiary/aromatic N) is 1. The van der Waals surface area contributed by atoms with Gasteiger partial charge in [-0.05, 0) is 18.6 Å². The number of benzene rings is 1. The molecule has 1 aromatic rings. The molecule has 1 heterocycles. The Morgan fingerprint density at radius 3 is 2.94 bits per heavy atom. The van der Waals surface area contributed by atoms with E-state index in [4.69, 9.17) is 6.42 Å². The van der Waals surface area contributed by atoms with Crippen LogP contribution < -0.4 is 4.90 Å². The third-order valence-electron chi connectivity index (χ3n) is 2.87. The third kappa shape index (κ3) is 1.63. The molecule has 1 saturated heterocycles. The van der Waals surface area contributed by atoms with E-state index in [0.29, 0.717) is 18.7 Å². The molecule has 3 heteroatoms. The van der Waals surface area contributed by atoms with Gasteiger partial charge >= 0.3 is 0 Å². The summed E-state index contributed by atoms with van der Waals surface area (Å²) in [4.78, 5) is 13.3. The molecule has 2 rings (SSSR count). The predicted octanol–water partition coefficient (Wildman–Crippen LogP) is 1.69. The quantitative estimate of drug-likeness (QED) is 0.724. The van der Waals surface area contributed by atoms with E-state index < -0.39 is 0 Å². The number of aryl methyl sites for hydroxylation is 1. The first-order chi connectivity index (χ1) is 7.63. The first-order valence-corrected chi connectivity index (χ1v) is 5.18. The molecule has 0 radical (unpaired) electrons. The highest BCUT2D eigenvalue weighted by Gasteiger charge is 2.30. The molecule has 1 aliphatic rings. The van der Waals surface area contributed by atoms with Gasteiger partial charge in [0.15, 0.2) is 0 Å². The van der Waals surface area contributed by atoms with Gasteiger partial charge in [-0.25, -0.2) is 0 Å². The number of carbonyl (C=O) groups is 1. The minimum Gasteiger partial charge on any atom is -0.505 e. The number of amides is 1. The maximum absolute atomic E-state index is 11.7. The molecule has 1 aromatic carbocycles. The molecular formula is C13H13NO2. The van der Waals surface area contributed by atoms with E-state index in [0.717, 1.165) is 5.56 Å². The van der Waals surface area contributed by atoms with Crippen LogP contribution in [0.3, 0.4) is 0 Å². The third-order valence-corrected chi connectivity index (χ3v) is 2.87. The number of terminal acetylenes is 1. The zero-order chi connectivity index (χ0) is 11.7. The van der Waals surface area contributed by atoms with E-state index in [1.165, 1.54) is 0 Å². The fourth-order valence-electron chi connectivity index (χ4n) is 1.91. The average Bonchev–Trinajstić information content (AvgIpc) is 2.64. The first-order valence-electron chi connectivity index (χ1n) is 5.18. The Kier molecular flexibility index (Phi) is 2.57. The van der Waals surface area contributed by atoms with Crippen molar-refractivity contribution in [3.8, 4) is 18.1 Å². The van der Waals surface area contributed by atoms with Crippen molar-refractivity contribution in [2.45, 2.75) is 13.3 Å². The molecule has 1 N–H and O–H groups in total. The summed E-state index contributed by atoms with van der Waals surface area (Å²) in [6.07, 6.45) is 5.68. The van der Waals surface area contributed by atoms with Crippen molar-refractivity contribution in [3.05, 3.63) is 23.8 Å².